The summed E-state index contributed by atoms with van der Waals surface area (Å²) in [4.78, 5) is 12.7. The molecule has 4 aromatic rings. The number of para-hydroxylation sites is 1. The van der Waals surface area contributed by atoms with Gasteiger partial charge in [0.2, 0.25) is 5.91 Å². The highest BCUT2D eigenvalue weighted by Crippen LogP contribution is 2.40. The number of nitrogens with zero attached hydrogens (tertiary/aromatic N) is 3. The number of amides is 1. The smallest absolute Gasteiger partial charge is 0.268 e. The van der Waals surface area contributed by atoms with Crippen LogP contribution in [0.25, 0.3) is 11.8 Å². The van der Waals surface area contributed by atoms with Gasteiger partial charge in [-0.1, -0.05) is 18.2 Å². The number of benzene rings is 3. The van der Waals surface area contributed by atoms with Crippen molar-refractivity contribution in [3.8, 4) is 17.2 Å². The summed E-state index contributed by atoms with van der Waals surface area (Å²) in [5, 5.41) is 6.82. The van der Waals surface area contributed by atoms with Crippen LogP contribution in [-0.4, -0.2) is 44.9 Å². The van der Waals surface area contributed by atoms with E-state index in [1.807, 2.05) is 12.1 Å². The van der Waals surface area contributed by atoms with Crippen LogP contribution >= 0.6 is 0 Å². The van der Waals surface area contributed by atoms with E-state index in [0.717, 1.165) is 22.4 Å². The summed E-state index contributed by atoms with van der Waals surface area (Å²) in [5.74, 6) is -1.82. The van der Waals surface area contributed by atoms with Gasteiger partial charge >= 0.3 is 0 Å². The summed E-state index contributed by atoms with van der Waals surface area (Å²) in [7, 11) is -1.32. The molecule has 41 heavy (non-hydrogen) atoms. The molecular formula is C29H26F2N4O5S. The number of halogens is 2. The molecular weight excluding hydrogens is 554 g/mol. The molecule has 0 saturated carbocycles. The minimum Gasteiger partial charge on any atom is -0.493 e. The Kier molecular flexibility index (Phi) is 7.50. The molecule has 0 atom stereocenters. The lowest BCUT2D eigenvalue weighted by Gasteiger charge is -2.22. The number of rotatable bonds is 8. The number of nitrogens with one attached hydrogen (secondary N) is 1. The lowest BCUT2D eigenvalue weighted by molar-refractivity contribution is -0.111. The standard InChI is InChI=1S/C29H26F2N4O5S/c1-18-14-27(35(33-18)24-10-9-21(30)17-22(24)31)32-28(36)11-8-19-15-25(39-2)29(40-3)26(16-19)41(37,38)34-13-12-20-6-4-5-7-23(20)34/h4-11,14-17H,12-13H2,1-3H3,(H,32,36)/b11-8+. The molecule has 0 spiro atoms. The minimum absolute atomic E-state index is 0.0409. The molecule has 0 radical (unpaired) electrons. The van der Waals surface area contributed by atoms with Gasteiger partial charge in [0.1, 0.15) is 22.2 Å². The van der Waals surface area contributed by atoms with E-state index in [4.69, 9.17) is 9.47 Å². The number of sulfonamides is 1. The van der Waals surface area contributed by atoms with Crippen LogP contribution in [0.4, 0.5) is 20.3 Å². The number of aryl methyl sites for hydroxylation is 1. The number of hydrogen-bond donors (Lipinski definition) is 1. The molecule has 5 rings (SSSR count). The number of hydrogen-bond acceptors (Lipinski definition) is 6. The van der Waals surface area contributed by atoms with Crippen molar-refractivity contribution >= 4 is 33.5 Å². The Morgan fingerprint density at radius 1 is 1.02 bits per heavy atom. The highest BCUT2D eigenvalue weighted by molar-refractivity contribution is 7.93. The van der Waals surface area contributed by atoms with Crippen LogP contribution < -0.4 is 19.1 Å². The summed E-state index contributed by atoms with van der Waals surface area (Å²) >= 11 is 0. The van der Waals surface area contributed by atoms with Crippen molar-refractivity contribution in [1.82, 2.24) is 9.78 Å². The lowest BCUT2D eigenvalue weighted by Crippen LogP contribution is -2.29. The molecule has 0 aliphatic carbocycles. The molecule has 0 bridgehead atoms. The molecule has 1 amide bonds. The van der Waals surface area contributed by atoms with Gasteiger partial charge in [-0.2, -0.15) is 5.10 Å². The molecule has 1 aliphatic heterocycles. The van der Waals surface area contributed by atoms with Crippen LogP contribution in [0.5, 0.6) is 11.5 Å². The molecule has 0 unspecified atom stereocenters. The largest absolute Gasteiger partial charge is 0.493 e. The number of fused-ring (bicyclic) bond motifs is 1. The summed E-state index contributed by atoms with van der Waals surface area (Å²) in [6, 6.07) is 14.8. The van der Waals surface area contributed by atoms with Crippen molar-refractivity contribution in [3.63, 3.8) is 0 Å². The monoisotopic (exact) mass is 580 g/mol. The van der Waals surface area contributed by atoms with E-state index in [1.54, 1.807) is 25.1 Å². The van der Waals surface area contributed by atoms with Crippen LogP contribution in [0.2, 0.25) is 0 Å². The van der Waals surface area contributed by atoms with E-state index in [1.165, 1.54) is 48.9 Å². The van der Waals surface area contributed by atoms with Gasteiger partial charge in [0.05, 0.1) is 25.6 Å². The molecule has 1 aromatic heterocycles. The van der Waals surface area contributed by atoms with Crippen LogP contribution in [0.15, 0.2) is 71.6 Å². The van der Waals surface area contributed by atoms with Crippen molar-refractivity contribution in [1.29, 1.82) is 0 Å². The normalized spacial score (nSPS) is 13.0. The summed E-state index contributed by atoms with van der Waals surface area (Å²) in [6.07, 6.45) is 3.18. The van der Waals surface area contributed by atoms with Gasteiger partial charge in [-0.15, -0.1) is 0 Å². The van der Waals surface area contributed by atoms with E-state index in [0.29, 0.717) is 23.4 Å². The van der Waals surface area contributed by atoms with Crippen molar-refractivity contribution in [3.05, 3.63) is 95.2 Å². The van der Waals surface area contributed by atoms with Crippen LogP contribution in [0, 0.1) is 18.6 Å². The number of aromatic nitrogens is 2. The Morgan fingerprint density at radius 3 is 2.54 bits per heavy atom. The summed E-state index contributed by atoms with van der Waals surface area (Å²) < 4.78 is 68.8. The van der Waals surface area contributed by atoms with Gasteiger partial charge in [0, 0.05) is 24.8 Å². The first-order valence-corrected chi connectivity index (χ1v) is 13.9. The Labute approximate surface area is 235 Å². The zero-order chi connectivity index (χ0) is 29.3. The molecule has 9 nitrogen and oxygen atoms in total. The second-order valence-corrected chi connectivity index (χ2v) is 11.0. The zero-order valence-electron chi connectivity index (χ0n) is 22.4. The number of methoxy groups -OCH3 is 2. The maximum atomic E-state index is 14.4. The fourth-order valence-corrected chi connectivity index (χ4v) is 6.39. The van der Waals surface area contributed by atoms with E-state index in [2.05, 4.69) is 10.4 Å². The fraction of sp³-hybridized carbons (Fsp3) is 0.172. The molecule has 1 aliphatic rings. The van der Waals surface area contributed by atoms with Crippen molar-refractivity contribution in [2.24, 2.45) is 0 Å². The Balaban J connectivity index is 1.45. The summed E-state index contributed by atoms with van der Waals surface area (Å²) in [6.45, 7) is 1.94. The Bertz CT molecular complexity index is 1790. The van der Waals surface area contributed by atoms with E-state index in [9.17, 15) is 22.0 Å². The molecule has 0 saturated heterocycles. The first-order chi connectivity index (χ1) is 19.6. The molecule has 12 heteroatoms. The molecule has 212 valence electrons. The van der Waals surface area contributed by atoms with Crippen molar-refractivity contribution < 1.29 is 31.5 Å². The fourth-order valence-electron chi connectivity index (χ4n) is 4.68. The highest BCUT2D eigenvalue weighted by Gasteiger charge is 2.34. The number of ether oxygens (including phenoxy) is 2. The molecule has 1 N–H and O–H groups in total. The third kappa shape index (κ3) is 5.38. The molecule has 2 heterocycles. The van der Waals surface area contributed by atoms with Gasteiger partial charge in [0.15, 0.2) is 17.3 Å². The predicted octanol–water partition coefficient (Wildman–Crippen LogP) is 4.88. The van der Waals surface area contributed by atoms with Gasteiger partial charge in [-0.05, 0) is 60.9 Å². The first kappa shape index (κ1) is 27.8. The third-order valence-corrected chi connectivity index (χ3v) is 8.35. The van der Waals surface area contributed by atoms with E-state index in [-0.39, 0.29) is 34.4 Å². The topological polar surface area (TPSA) is 103 Å². The number of carbonyl (C=O) groups is 1. The molecule has 3 aromatic carbocycles. The minimum atomic E-state index is -4.06. The Morgan fingerprint density at radius 2 is 1.80 bits per heavy atom. The molecule has 0 fully saturated rings. The maximum Gasteiger partial charge on any atom is 0.268 e. The van der Waals surface area contributed by atoms with E-state index < -0.39 is 27.6 Å². The quantitative estimate of drug-likeness (QED) is 0.298. The van der Waals surface area contributed by atoms with Crippen LogP contribution in [-0.2, 0) is 21.2 Å². The van der Waals surface area contributed by atoms with Gasteiger partial charge < -0.3 is 14.8 Å². The van der Waals surface area contributed by atoms with E-state index >= 15 is 0 Å². The second kappa shape index (κ2) is 11.0. The SMILES string of the molecule is COc1cc(/C=C/C(=O)Nc2cc(C)nn2-c2ccc(F)cc2F)cc(S(=O)(=O)N2CCc3ccccc32)c1OC. The highest BCUT2D eigenvalue weighted by atomic mass is 32.2. The van der Waals surface area contributed by atoms with Gasteiger partial charge in [-0.3, -0.25) is 9.10 Å². The van der Waals surface area contributed by atoms with Crippen LogP contribution in [0.3, 0.4) is 0 Å². The average Bonchev–Trinajstić information content (AvgIpc) is 3.54. The first-order valence-electron chi connectivity index (χ1n) is 12.5. The third-order valence-electron chi connectivity index (χ3n) is 6.53. The summed E-state index contributed by atoms with van der Waals surface area (Å²) in [5.41, 5.74) is 2.32. The van der Waals surface area contributed by atoms with Gasteiger partial charge in [0.25, 0.3) is 10.0 Å². The zero-order valence-corrected chi connectivity index (χ0v) is 23.2. The van der Waals surface area contributed by atoms with Gasteiger partial charge in [-0.25, -0.2) is 21.9 Å². The Hall–Kier alpha value is -4.71. The van der Waals surface area contributed by atoms with Crippen LogP contribution in [0.1, 0.15) is 16.8 Å². The predicted molar refractivity (Wildman–Crippen MR) is 150 cm³/mol. The van der Waals surface area contributed by atoms with Crippen molar-refractivity contribution in [2.75, 3.05) is 30.4 Å². The van der Waals surface area contributed by atoms with Crippen molar-refractivity contribution in [2.45, 2.75) is 18.2 Å². The maximum absolute atomic E-state index is 14.4. The number of carbonyl (C=O) groups excluding carboxylic acids is 1. The second-order valence-electron chi connectivity index (χ2n) is 9.21. The number of anilines is 2. The lowest BCUT2D eigenvalue weighted by atomic mass is 10.2. The average molecular weight is 581 g/mol.